The number of carboxylic acids is 1. The number of benzene rings is 1. The summed E-state index contributed by atoms with van der Waals surface area (Å²) in [5, 5.41) is 8.93. The van der Waals surface area contributed by atoms with Gasteiger partial charge in [0.25, 0.3) is 5.91 Å². The quantitative estimate of drug-likeness (QED) is 0.838. The first-order valence-corrected chi connectivity index (χ1v) is 6.80. The third-order valence-electron chi connectivity index (χ3n) is 2.56. The van der Waals surface area contributed by atoms with Crippen LogP contribution in [0.2, 0.25) is 0 Å². The molecule has 0 saturated heterocycles. The lowest BCUT2D eigenvalue weighted by Crippen LogP contribution is -2.23. The Labute approximate surface area is 130 Å². The topological polar surface area (TPSA) is 57.6 Å². The predicted octanol–water partition coefficient (Wildman–Crippen LogP) is 3.48. The SMILES string of the molecule is CC(=CC(=O)O)N(C)C(=O)C=C(Cl)c1ccc(Br)cc1. The van der Waals surface area contributed by atoms with Crippen LogP contribution < -0.4 is 0 Å². The molecule has 1 rings (SSSR count). The van der Waals surface area contributed by atoms with E-state index in [9.17, 15) is 9.59 Å². The fourth-order valence-electron chi connectivity index (χ4n) is 1.35. The van der Waals surface area contributed by atoms with Crippen LogP contribution in [-0.4, -0.2) is 28.9 Å². The number of amides is 1. The number of carbonyl (C=O) groups is 2. The van der Waals surface area contributed by atoms with E-state index >= 15 is 0 Å². The minimum atomic E-state index is -1.11. The number of likely N-dealkylation sites (N-methyl/N-ethyl adjacent to an activating group) is 1. The van der Waals surface area contributed by atoms with E-state index in [0.717, 1.165) is 10.5 Å². The van der Waals surface area contributed by atoms with Crippen molar-refractivity contribution in [3.8, 4) is 0 Å². The number of allylic oxidation sites excluding steroid dienone is 1. The lowest BCUT2D eigenvalue weighted by Gasteiger charge is -2.15. The van der Waals surface area contributed by atoms with Crippen molar-refractivity contribution in [2.24, 2.45) is 0 Å². The zero-order valence-corrected chi connectivity index (χ0v) is 13.3. The van der Waals surface area contributed by atoms with Gasteiger partial charge in [-0.3, -0.25) is 4.79 Å². The molecule has 0 atom stereocenters. The molecule has 0 heterocycles. The standard InChI is InChI=1S/C14H13BrClNO3/c1-9(7-14(19)20)17(2)13(18)8-12(16)10-3-5-11(15)6-4-10/h3-8H,1-2H3,(H,19,20). The van der Waals surface area contributed by atoms with Crippen molar-refractivity contribution in [2.45, 2.75) is 6.92 Å². The molecular formula is C14H13BrClNO3. The molecule has 0 aliphatic rings. The molecule has 1 N–H and O–H groups in total. The van der Waals surface area contributed by atoms with E-state index in [1.165, 1.54) is 24.9 Å². The Morgan fingerprint density at radius 2 is 1.80 bits per heavy atom. The maximum Gasteiger partial charge on any atom is 0.330 e. The van der Waals surface area contributed by atoms with Crippen LogP contribution in [0.15, 0.2) is 46.6 Å². The maximum atomic E-state index is 11.9. The van der Waals surface area contributed by atoms with Crippen LogP contribution in [-0.2, 0) is 9.59 Å². The Morgan fingerprint density at radius 1 is 1.25 bits per heavy atom. The number of aliphatic carboxylic acids is 1. The highest BCUT2D eigenvalue weighted by molar-refractivity contribution is 9.10. The largest absolute Gasteiger partial charge is 0.478 e. The number of carboxylic acid groups (broad SMARTS) is 1. The molecule has 0 aromatic heterocycles. The van der Waals surface area contributed by atoms with Crippen molar-refractivity contribution >= 4 is 44.4 Å². The molecule has 106 valence electrons. The highest BCUT2D eigenvalue weighted by Crippen LogP contribution is 2.21. The summed E-state index contributed by atoms with van der Waals surface area (Å²) < 4.78 is 0.911. The van der Waals surface area contributed by atoms with Gasteiger partial charge in [0.05, 0.1) is 5.03 Å². The minimum Gasteiger partial charge on any atom is -0.478 e. The van der Waals surface area contributed by atoms with Gasteiger partial charge in [0.15, 0.2) is 0 Å². The fourth-order valence-corrected chi connectivity index (χ4v) is 1.83. The Bertz CT molecular complexity index is 579. The van der Waals surface area contributed by atoms with Crippen molar-refractivity contribution in [3.05, 3.63) is 52.2 Å². The molecule has 1 aromatic carbocycles. The van der Waals surface area contributed by atoms with Crippen molar-refractivity contribution in [3.63, 3.8) is 0 Å². The first kappa shape index (κ1) is 16.5. The number of halogens is 2. The van der Waals surface area contributed by atoms with Crippen LogP contribution >= 0.6 is 27.5 Å². The molecule has 4 nitrogen and oxygen atoms in total. The molecule has 6 heteroatoms. The van der Waals surface area contributed by atoms with Gasteiger partial charge in [-0.1, -0.05) is 39.7 Å². The summed E-state index contributed by atoms with van der Waals surface area (Å²) in [6, 6.07) is 7.18. The highest BCUT2D eigenvalue weighted by Gasteiger charge is 2.10. The van der Waals surface area contributed by atoms with E-state index in [1.54, 1.807) is 12.1 Å². The lowest BCUT2D eigenvalue weighted by atomic mass is 10.2. The molecule has 0 unspecified atom stereocenters. The maximum absolute atomic E-state index is 11.9. The van der Waals surface area contributed by atoms with E-state index in [2.05, 4.69) is 15.9 Å². The zero-order chi connectivity index (χ0) is 15.3. The molecule has 20 heavy (non-hydrogen) atoms. The smallest absolute Gasteiger partial charge is 0.330 e. The molecule has 0 fully saturated rings. The molecule has 0 radical (unpaired) electrons. The van der Waals surface area contributed by atoms with Crippen LogP contribution in [0.5, 0.6) is 0 Å². The summed E-state index contributed by atoms with van der Waals surface area (Å²) >= 11 is 9.38. The van der Waals surface area contributed by atoms with E-state index < -0.39 is 11.9 Å². The monoisotopic (exact) mass is 357 g/mol. The van der Waals surface area contributed by atoms with Crippen molar-refractivity contribution < 1.29 is 14.7 Å². The fraction of sp³-hybridized carbons (Fsp3) is 0.143. The average molecular weight is 359 g/mol. The number of carbonyl (C=O) groups excluding carboxylic acids is 1. The third-order valence-corrected chi connectivity index (χ3v) is 3.42. The van der Waals surface area contributed by atoms with E-state index in [-0.39, 0.29) is 5.03 Å². The van der Waals surface area contributed by atoms with Gasteiger partial charge in [-0.2, -0.15) is 0 Å². The van der Waals surface area contributed by atoms with Crippen molar-refractivity contribution in [1.29, 1.82) is 0 Å². The van der Waals surface area contributed by atoms with Gasteiger partial charge >= 0.3 is 5.97 Å². The van der Waals surface area contributed by atoms with Gasteiger partial charge in [0, 0.05) is 29.4 Å². The molecule has 0 aliphatic heterocycles. The minimum absolute atomic E-state index is 0.289. The van der Waals surface area contributed by atoms with E-state index in [0.29, 0.717) is 11.3 Å². The zero-order valence-electron chi connectivity index (χ0n) is 10.9. The highest BCUT2D eigenvalue weighted by atomic mass is 79.9. The van der Waals surface area contributed by atoms with Crippen LogP contribution in [0.4, 0.5) is 0 Å². The summed E-state index contributed by atoms with van der Waals surface area (Å²) in [4.78, 5) is 23.7. The third kappa shape index (κ3) is 4.83. The van der Waals surface area contributed by atoms with Crippen molar-refractivity contribution in [2.75, 3.05) is 7.05 Å². The second-order valence-corrected chi connectivity index (χ2v) is 5.34. The summed E-state index contributed by atoms with van der Waals surface area (Å²) in [5.41, 5.74) is 1.02. The molecule has 0 aliphatic carbocycles. The van der Waals surface area contributed by atoms with Gasteiger partial charge in [-0.05, 0) is 24.6 Å². The van der Waals surface area contributed by atoms with Gasteiger partial charge in [0.2, 0.25) is 0 Å². The van der Waals surface area contributed by atoms with Gasteiger partial charge < -0.3 is 10.0 Å². The van der Waals surface area contributed by atoms with E-state index in [1.807, 2.05) is 12.1 Å². The predicted molar refractivity (Wildman–Crippen MR) is 82.1 cm³/mol. The van der Waals surface area contributed by atoms with Gasteiger partial charge in [-0.25, -0.2) is 4.79 Å². The molecule has 0 saturated carbocycles. The summed E-state index contributed by atoms with van der Waals surface area (Å²) in [5.74, 6) is -1.50. The first-order valence-electron chi connectivity index (χ1n) is 5.63. The number of hydrogen-bond acceptors (Lipinski definition) is 2. The second-order valence-electron chi connectivity index (χ2n) is 4.02. The Kier molecular flexibility index (Phi) is 5.98. The second kappa shape index (κ2) is 7.26. The van der Waals surface area contributed by atoms with Gasteiger partial charge in [-0.15, -0.1) is 0 Å². The Hall–Kier alpha value is -1.59. The van der Waals surface area contributed by atoms with Crippen molar-refractivity contribution in [1.82, 2.24) is 4.90 Å². The summed E-state index contributed by atoms with van der Waals surface area (Å²) in [7, 11) is 1.49. The summed E-state index contributed by atoms with van der Waals surface area (Å²) in [6.07, 6.45) is 2.21. The van der Waals surface area contributed by atoms with Crippen LogP contribution in [0, 0.1) is 0 Å². The average Bonchev–Trinajstić information content (AvgIpc) is 2.37. The molecule has 0 bridgehead atoms. The first-order chi connectivity index (χ1) is 9.31. The van der Waals surface area contributed by atoms with Gasteiger partial charge in [0.1, 0.15) is 0 Å². The number of hydrogen-bond donors (Lipinski definition) is 1. The molecular weight excluding hydrogens is 346 g/mol. The lowest BCUT2D eigenvalue weighted by molar-refractivity contribution is -0.131. The number of nitrogens with zero attached hydrogens (tertiary/aromatic N) is 1. The molecule has 0 spiro atoms. The Balaban J connectivity index is 2.90. The molecule has 1 aromatic rings. The molecule has 1 amide bonds. The van der Waals surface area contributed by atoms with E-state index in [4.69, 9.17) is 16.7 Å². The van der Waals surface area contributed by atoms with Crippen LogP contribution in [0.3, 0.4) is 0 Å². The summed E-state index contributed by atoms with van der Waals surface area (Å²) in [6.45, 7) is 1.54. The number of rotatable bonds is 4. The van der Waals surface area contributed by atoms with Crippen LogP contribution in [0.1, 0.15) is 12.5 Å². The Morgan fingerprint density at radius 3 is 2.30 bits per heavy atom. The van der Waals surface area contributed by atoms with Crippen LogP contribution in [0.25, 0.3) is 5.03 Å². The normalized spacial score (nSPS) is 12.2.